The number of rotatable bonds is 6. The van der Waals surface area contributed by atoms with Gasteiger partial charge >= 0.3 is 0 Å². The van der Waals surface area contributed by atoms with Crippen molar-refractivity contribution in [2.75, 3.05) is 39.8 Å². The summed E-state index contributed by atoms with van der Waals surface area (Å²) in [5.74, 6) is -1.89. The van der Waals surface area contributed by atoms with E-state index < -0.39 is 11.6 Å². The molecule has 1 aliphatic rings. The zero-order valence-corrected chi connectivity index (χ0v) is 18.4. The molecule has 1 unspecified atom stereocenters. The SMILES string of the molecule is CC(c1ccc(F)c(F)c1)N(C)C(=O)CN1CCN(C(=O)Cc2ccc(Cl)cc2)CC1. The van der Waals surface area contributed by atoms with Gasteiger partial charge in [0.05, 0.1) is 19.0 Å². The van der Waals surface area contributed by atoms with E-state index in [1.807, 2.05) is 21.9 Å². The quantitative estimate of drug-likeness (QED) is 0.677. The molecule has 1 fully saturated rings. The second-order valence-electron chi connectivity index (χ2n) is 7.81. The lowest BCUT2D eigenvalue weighted by molar-refractivity contribution is -0.135. The third-order valence-corrected chi connectivity index (χ3v) is 6.00. The minimum absolute atomic E-state index is 0.0531. The van der Waals surface area contributed by atoms with Crippen LogP contribution in [0.25, 0.3) is 0 Å². The summed E-state index contributed by atoms with van der Waals surface area (Å²) in [5, 5.41) is 0.637. The summed E-state index contributed by atoms with van der Waals surface area (Å²) in [7, 11) is 1.65. The lowest BCUT2D eigenvalue weighted by atomic mass is 10.1. The van der Waals surface area contributed by atoms with Crippen molar-refractivity contribution in [2.24, 2.45) is 0 Å². The molecule has 3 rings (SSSR count). The van der Waals surface area contributed by atoms with Crippen LogP contribution in [-0.2, 0) is 16.0 Å². The zero-order chi connectivity index (χ0) is 22.5. The summed E-state index contributed by atoms with van der Waals surface area (Å²) in [4.78, 5) is 30.6. The third kappa shape index (κ3) is 6.02. The Kier molecular flexibility index (Phi) is 7.62. The standard InChI is InChI=1S/C23H26ClF2N3O2/c1-16(18-5-8-20(25)21(26)14-18)27(2)23(31)15-28-9-11-29(12-10-28)22(30)13-17-3-6-19(24)7-4-17/h3-8,14,16H,9-13,15H2,1-2H3. The maximum Gasteiger partial charge on any atom is 0.236 e. The molecule has 2 aromatic rings. The summed E-state index contributed by atoms with van der Waals surface area (Å²) in [6.07, 6.45) is 0.324. The van der Waals surface area contributed by atoms with Crippen LogP contribution in [0.2, 0.25) is 5.02 Å². The highest BCUT2D eigenvalue weighted by Crippen LogP contribution is 2.21. The van der Waals surface area contributed by atoms with E-state index in [0.717, 1.165) is 17.7 Å². The molecule has 0 bridgehead atoms. The number of amides is 2. The first-order valence-corrected chi connectivity index (χ1v) is 10.6. The highest BCUT2D eigenvalue weighted by atomic mass is 35.5. The van der Waals surface area contributed by atoms with Crippen molar-refractivity contribution >= 4 is 23.4 Å². The topological polar surface area (TPSA) is 43.9 Å². The molecule has 0 aromatic heterocycles. The van der Waals surface area contributed by atoms with Crippen molar-refractivity contribution in [3.8, 4) is 0 Å². The Hall–Kier alpha value is -2.51. The molecule has 0 radical (unpaired) electrons. The van der Waals surface area contributed by atoms with Crippen LogP contribution in [-0.4, -0.2) is 66.3 Å². The molecule has 0 saturated carbocycles. The third-order valence-electron chi connectivity index (χ3n) is 5.75. The average molecular weight is 450 g/mol. The van der Waals surface area contributed by atoms with E-state index in [1.165, 1.54) is 11.0 Å². The van der Waals surface area contributed by atoms with Crippen LogP contribution in [0.3, 0.4) is 0 Å². The van der Waals surface area contributed by atoms with E-state index in [-0.39, 0.29) is 24.4 Å². The largest absolute Gasteiger partial charge is 0.340 e. The lowest BCUT2D eigenvalue weighted by Gasteiger charge is -2.36. The van der Waals surface area contributed by atoms with Gasteiger partial charge in [-0.2, -0.15) is 0 Å². The highest BCUT2D eigenvalue weighted by molar-refractivity contribution is 6.30. The van der Waals surface area contributed by atoms with Crippen LogP contribution < -0.4 is 0 Å². The number of halogens is 3. The fourth-order valence-electron chi connectivity index (χ4n) is 3.56. The molecule has 0 spiro atoms. The zero-order valence-electron chi connectivity index (χ0n) is 17.7. The van der Waals surface area contributed by atoms with E-state index in [1.54, 1.807) is 26.1 Å². The molecule has 2 aromatic carbocycles. The summed E-state index contributed by atoms with van der Waals surface area (Å²) in [5.41, 5.74) is 1.45. The number of hydrogen-bond acceptors (Lipinski definition) is 3. The molecule has 5 nitrogen and oxygen atoms in total. The molecule has 1 aliphatic heterocycles. The van der Waals surface area contributed by atoms with Crippen molar-refractivity contribution in [2.45, 2.75) is 19.4 Å². The Morgan fingerprint density at radius 3 is 2.29 bits per heavy atom. The Bertz CT molecular complexity index is 931. The Morgan fingerprint density at radius 1 is 1.03 bits per heavy atom. The molecular weight excluding hydrogens is 424 g/mol. The van der Waals surface area contributed by atoms with E-state index in [4.69, 9.17) is 11.6 Å². The smallest absolute Gasteiger partial charge is 0.236 e. The fourth-order valence-corrected chi connectivity index (χ4v) is 3.68. The Labute approximate surface area is 186 Å². The maximum atomic E-state index is 13.5. The van der Waals surface area contributed by atoms with Crippen molar-refractivity contribution in [1.82, 2.24) is 14.7 Å². The monoisotopic (exact) mass is 449 g/mol. The molecular formula is C23H26ClF2N3O2. The number of benzene rings is 2. The predicted octanol–water partition coefficient (Wildman–Crippen LogP) is 3.52. The number of carbonyl (C=O) groups excluding carboxylic acids is 2. The van der Waals surface area contributed by atoms with Gasteiger partial charge in [0.1, 0.15) is 0 Å². The minimum Gasteiger partial charge on any atom is -0.340 e. The van der Waals surface area contributed by atoms with E-state index in [2.05, 4.69) is 0 Å². The first kappa shape index (κ1) is 23.2. The predicted molar refractivity (Wildman–Crippen MR) is 116 cm³/mol. The lowest BCUT2D eigenvalue weighted by Crippen LogP contribution is -2.51. The highest BCUT2D eigenvalue weighted by Gasteiger charge is 2.25. The fraction of sp³-hybridized carbons (Fsp3) is 0.391. The summed E-state index contributed by atoms with van der Waals surface area (Å²) >= 11 is 5.88. The van der Waals surface area contributed by atoms with Crippen LogP contribution in [0, 0.1) is 11.6 Å². The maximum absolute atomic E-state index is 13.5. The molecule has 2 amide bonds. The molecule has 8 heteroatoms. The number of hydrogen-bond donors (Lipinski definition) is 0. The van der Waals surface area contributed by atoms with Crippen LogP contribution in [0.15, 0.2) is 42.5 Å². The normalized spacial score (nSPS) is 15.6. The van der Waals surface area contributed by atoms with Gasteiger partial charge in [0, 0.05) is 38.2 Å². The number of piperazine rings is 1. The number of carbonyl (C=O) groups is 2. The van der Waals surface area contributed by atoms with E-state index >= 15 is 0 Å². The van der Waals surface area contributed by atoms with Crippen molar-refractivity contribution in [3.63, 3.8) is 0 Å². The molecule has 166 valence electrons. The van der Waals surface area contributed by atoms with Crippen molar-refractivity contribution in [1.29, 1.82) is 0 Å². The van der Waals surface area contributed by atoms with Crippen molar-refractivity contribution in [3.05, 3.63) is 70.2 Å². The first-order chi connectivity index (χ1) is 14.7. The van der Waals surface area contributed by atoms with Gasteiger partial charge in [-0.1, -0.05) is 29.8 Å². The van der Waals surface area contributed by atoms with Gasteiger partial charge in [0.2, 0.25) is 11.8 Å². The Balaban J connectivity index is 1.48. The van der Waals surface area contributed by atoms with Gasteiger partial charge < -0.3 is 9.80 Å². The minimum atomic E-state index is -0.926. The van der Waals surface area contributed by atoms with Crippen LogP contribution >= 0.6 is 11.6 Å². The summed E-state index contributed by atoms with van der Waals surface area (Å²) < 4.78 is 26.7. The van der Waals surface area contributed by atoms with Gasteiger partial charge in [-0.05, 0) is 42.3 Å². The first-order valence-electron chi connectivity index (χ1n) is 10.2. The van der Waals surface area contributed by atoms with Gasteiger partial charge in [-0.3, -0.25) is 14.5 Å². The second-order valence-corrected chi connectivity index (χ2v) is 8.25. The van der Waals surface area contributed by atoms with Crippen LogP contribution in [0.1, 0.15) is 24.1 Å². The van der Waals surface area contributed by atoms with Gasteiger partial charge in [-0.25, -0.2) is 8.78 Å². The van der Waals surface area contributed by atoms with Crippen LogP contribution in [0.5, 0.6) is 0 Å². The summed E-state index contributed by atoms with van der Waals surface area (Å²) in [6.45, 7) is 4.31. The second kappa shape index (κ2) is 10.2. The van der Waals surface area contributed by atoms with Gasteiger partial charge in [-0.15, -0.1) is 0 Å². The molecule has 1 atom stereocenters. The Morgan fingerprint density at radius 2 is 1.68 bits per heavy atom. The average Bonchev–Trinajstić information content (AvgIpc) is 2.76. The molecule has 1 heterocycles. The number of likely N-dealkylation sites (N-methyl/N-ethyl adjacent to an activating group) is 1. The van der Waals surface area contributed by atoms with Crippen molar-refractivity contribution < 1.29 is 18.4 Å². The van der Waals surface area contributed by atoms with Crippen LogP contribution in [0.4, 0.5) is 8.78 Å². The van der Waals surface area contributed by atoms with E-state index in [0.29, 0.717) is 43.2 Å². The molecule has 0 N–H and O–H groups in total. The summed E-state index contributed by atoms with van der Waals surface area (Å²) in [6, 6.07) is 10.5. The van der Waals surface area contributed by atoms with E-state index in [9.17, 15) is 18.4 Å². The van der Waals surface area contributed by atoms with Gasteiger partial charge in [0.25, 0.3) is 0 Å². The van der Waals surface area contributed by atoms with Gasteiger partial charge in [0.15, 0.2) is 11.6 Å². The molecule has 1 saturated heterocycles. The number of nitrogens with zero attached hydrogens (tertiary/aromatic N) is 3. The molecule has 0 aliphatic carbocycles. The molecule has 31 heavy (non-hydrogen) atoms.